The molecule has 7 heteroatoms. The van der Waals surface area contributed by atoms with Crippen molar-refractivity contribution in [1.82, 2.24) is 10.6 Å². The predicted octanol–water partition coefficient (Wildman–Crippen LogP) is 2.89. The highest BCUT2D eigenvalue weighted by Gasteiger charge is 2.31. The summed E-state index contributed by atoms with van der Waals surface area (Å²) in [7, 11) is 0. The molecule has 1 aliphatic rings. The summed E-state index contributed by atoms with van der Waals surface area (Å²) in [6, 6.07) is 2.17. The molecule has 1 aromatic rings. The van der Waals surface area contributed by atoms with Gasteiger partial charge < -0.3 is 15.7 Å². The molecule has 2 atom stereocenters. The molecule has 0 saturated carbocycles. The second kappa shape index (κ2) is 10.00. The number of aliphatic imine (C=N–C) groups is 1. The maximum absolute atomic E-state index is 10.4. The number of hydrogen-bond donors (Lipinski definition) is 3. The van der Waals surface area contributed by atoms with Crippen LogP contribution in [0.3, 0.4) is 0 Å². The van der Waals surface area contributed by atoms with Gasteiger partial charge in [0.1, 0.15) is 0 Å². The number of nitrogens with zero attached hydrogens (tertiary/aromatic N) is 1. The molecule has 0 radical (unpaired) electrons. The zero-order valence-electron chi connectivity index (χ0n) is 13.2. The summed E-state index contributed by atoms with van der Waals surface area (Å²) in [4.78, 5) is 4.55. The van der Waals surface area contributed by atoms with Gasteiger partial charge in [-0.15, -0.1) is 24.0 Å². The number of nitrogens with one attached hydrogen (secondary N) is 2. The summed E-state index contributed by atoms with van der Waals surface area (Å²) < 4.78 is 0. The van der Waals surface area contributed by atoms with Crippen molar-refractivity contribution in [2.75, 3.05) is 31.1 Å². The van der Waals surface area contributed by atoms with E-state index in [-0.39, 0.29) is 24.0 Å². The zero-order chi connectivity index (χ0) is 15.1. The number of thiophene rings is 1. The van der Waals surface area contributed by atoms with Gasteiger partial charge in [-0.2, -0.15) is 23.1 Å². The summed E-state index contributed by atoms with van der Waals surface area (Å²) in [6.07, 6.45) is 0.839. The second-order valence-corrected chi connectivity index (χ2v) is 7.45. The van der Waals surface area contributed by atoms with Crippen LogP contribution in [0.4, 0.5) is 0 Å². The summed E-state index contributed by atoms with van der Waals surface area (Å²) >= 11 is 3.53. The Balaban J connectivity index is 0.00000242. The van der Waals surface area contributed by atoms with E-state index < -0.39 is 5.60 Å². The van der Waals surface area contributed by atoms with Gasteiger partial charge in [-0.3, -0.25) is 4.99 Å². The number of hydrogen-bond acceptors (Lipinski definition) is 4. The van der Waals surface area contributed by atoms with E-state index in [1.807, 2.05) is 0 Å². The number of guanidine groups is 1. The van der Waals surface area contributed by atoms with Crippen molar-refractivity contribution in [2.24, 2.45) is 4.99 Å². The molecule has 1 saturated heterocycles. The van der Waals surface area contributed by atoms with Crippen LogP contribution in [0.25, 0.3) is 0 Å². The van der Waals surface area contributed by atoms with Crippen LogP contribution in [0.2, 0.25) is 0 Å². The third kappa shape index (κ3) is 6.25. The third-order valence-electron chi connectivity index (χ3n) is 3.65. The zero-order valence-corrected chi connectivity index (χ0v) is 17.1. The highest BCUT2D eigenvalue weighted by molar-refractivity contribution is 14.0. The van der Waals surface area contributed by atoms with E-state index >= 15 is 0 Å². The molecule has 0 aliphatic carbocycles. The van der Waals surface area contributed by atoms with Crippen LogP contribution in [-0.4, -0.2) is 47.8 Å². The molecule has 22 heavy (non-hydrogen) atoms. The van der Waals surface area contributed by atoms with Crippen LogP contribution in [0.5, 0.6) is 0 Å². The van der Waals surface area contributed by atoms with Crippen molar-refractivity contribution >= 4 is 53.0 Å². The monoisotopic (exact) mass is 455 g/mol. The van der Waals surface area contributed by atoms with Crippen molar-refractivity contribution in [3.05, 3.63) is 22.4 Å². The Labute approximate surface area is 158 Å². The first kappa shape index (κ1) is 20.1. The first-order valence-corrected chi connectivity index (χ1v) is 9.57. The molecule has 1 aliphatic heterocycles. The van der Waals surface area contributed by atoms with E-state index in [2.05, 4.69) is 46.3 Å². The fourth-order valence-electron chi connectivity index (χ4n) is 2.21. The van der Waals surface area contributed by atoms with Crippen molar-refractivity contribution in [3.63, 3.8) is 0 Å². The average Bonchev–Trinajstić information content (AvgIpc) is 3.13. The van der Waals surface area contributed by atoms with Gasteiger partial charge in [0, 0.05) is 18.8 Å². The fourth-order valence-corrected chi connectivity index (χ4v) is 4.28. The molecule has 0 spiro atoms. The molecule has 0 bridgehead atoms. The minimum atomic E-state index is -0.619. The number of rotatable bonds is 6. The SMILES string of the molecule is CCNC(=NCC1(O)CCSC1)NCC(C)c1ccsc1.I. The van der Waals surface area contributed by atoms with Crippen LogP contribution in [0, 0.1) is 0 Å². The number of aliphatic hydroxyl groups is 1. The predicted molar refractivity (Wildman–Crippen MR) is 109 cm³/mol. The van der Waals surface area contributed by atoms with Gasteiger partial charge in [0.15, 0.2) is 5.96 Å². The Kier molecular flexibility index (Phi) is 9.11. The molecule has 3 N–H and O–H groups in total. The lowest BCUT2D eigenvalue weighted by molar-refractivity contribution is 0.0778. The van der Waals surface area contributed by atoms with Crippen LogP contribution in [0.1, 0.15) is 31.7 Å². The van der Waals surface area contributed by atoms with E-state index in [0.717, 1.165) is 37.0 Å². The van der Waals surface area contributed by atoms with E-state index in [9.17, 15) is 5.11 Å². The van der Waals surface area contributed by atoms with Crippen molar-refractivity contribution in [3.8, 4) is 0 Å². The minimum absolute atomic E-state index is 0. The van der Waals surface area contributed by atoms with Crippen LogP contribution < -0.4 is 10.6 Å². The van der Waals surface area contributed by atoms with E-state index in [1.54, 1.807) is 23.1 Å². The normalized spacial score (nSPS) is 23.0. The summed E-state index contributed by atoms with van der Waals surface area (Å²) in [6.45, 7) is 6.41. The molecule has 1 fully saturated rings. The average molecular weight is 455 g/mol. The topological polar surface area (TPSA) is 56.7 Å². The standard InChI is InChI=1S/C15H25N3OS2.HI/c1-3-16-14(18-10-15(19)5-7-21-11-15)17-8-12(2)13-4-6-20-9-13;/h4,6,9,12,19H,3,5,7-8,10-11H2,1-2H3,(H2,16,17,18);1H. The van der Waals surface area contributed by atoms with Crippen molar-refractivity contribution in [2.45, 2.75) is 31.8 Å². The van der Waals surface area contributed by atoms with Crippen LogP contribution in [0.15, 0.2) is 21.8 Å². The second-order valence-electron chi connectivity index (χ2n) is 5.56. The van der Waals surface area contributed by atoms with Gasteiger partial charge in [-0.05, 0) is 47.4 Å². The Morgan fingerprint density at radius 1 is 1.50 bits per heavy atom. The molecule has 2 rings (SSSR count). The molecule has 2 unspecified atom stereocenters. The molecular formula is C15H26IN3OS2. The van der Waals surface area contributed by atoms with Gasteiger partial charge >= 0.3 is 0 Å². The molecule has 1 aromatic heterocycles. The van der Waals surface area contributed by atoms with Crippen molar-refractivity contribution < 1.29 is 5.11 Å². The fraction of sp³-hybridized carbons (Fsp3) is 0.667. The Morgan fingerprint density at radius 2 is 2.32 bits per heavy atom. The largest absolute Gasteiger partial charge is 0.387 e. The maximum Gasteiger partial charge on any atom is 0.191 e. The van der Waals surface area contributed by atoms with E-state index in [1.165, 1.54) is 5.56 Å². The number of thioether (sulfide) groups is 1. The third-order valence-corrected chi connectivity index (χ3v) is 5.58. The molecular weight excluding hydrogens is 429 g/mol. The van der Waals surface area contributed by atoms with Gasteiger partial charge in [0.25, 0.3) is 0 Å². The van der Waals surface area contributed by atoms with Gasteiger partial charge in [0.2, 0.25) is 0 Å². The van der Waals surface area contributed by atoms with Crippen LogP contribution >= 0.6 is 47.1 Å². The maximum atomic E-state index is 10.4. The lowest BCUT2D eigenvalue weighted by Gasteiger charge is -2.20. The quantitative estimate of drug-likeness (QED) is 0.351. The molecule has 0 aromatic carbocycles. The van der Waals surface area contributed by atoms with Gasteiger partial charge in [-0.1, -0.05) is 6.92 Å². The molecule has 0 amide bonds. The highest BCUT2D eigenvalue weighted by atomic mass is 127. The summed E-state index contributed by atoms with van der Waals surface area (Å²) in [5.41, 5.74) is 0.737. The number of halogens is 1. The van der Waals surface area contributed by atoms with Gasteiger partial charge in [0.05, 0.1) is 12.1 Å². The summed E-state index contributed by atoms with van der Waals surface area (Å²) in [5, 5.41) is 21.3. The highest BCUT2D eigenvalue weighted by Crippen LogP contribution is 2.27. The minimum Gasteiger partial charge on any atom is -0.387 e. The lowest BCUT2D eigenvalue weighted by Crippen LogP contribution is -2.41. The smallest absolute Gasteiger partial charge is 0.191 e. The Morgan fingerprint density at radius 3 is 2.91 bits per heavy atom. The molecule has 2 heterocycles. The Hall–Kier alpha value is 0.01000. The lowest BCUT2D eigenvalue weighted by atomic mass is 10.0. The summed E-state index contributed by atoms with van der Waals surface area (Å²) in [5.74, 6) is 3.07. The van der Waals surface area contributed by atoms with Crippen LogP contribution in [-0.2, 0) is 0 Å². The Bertz CT molecular complexity index is 448. The van der Waals surface area contributed by atoms with E-state index in [0.29, 0.717) is 12.5 Å². The molecule has 4 nitrogen and oxygen atoms in total. The first-order valence-electron chi connectivity index (χ1n) is 7.47. The van der Waals surface area contributed by atoms with E-state index in [4.69, 9.17) is 0 Å². The van der Waals surface area contributed by atoms with Crippen molar-refractivity contribution in [1.29, 1.82) is 0 Å². The first-order chi connectivity index (χ1) is 10.1. The molecule has 126 valence electrons. The van der Waals surface area contributed by atoms with Gasteiger partial charge in [-0.25, -0.2) is 0 Å².